The molecule has 0 unspecified atom stereocenters. The van der Waals surface area contributed by atoms with E-state index in [1.54, 1.807) is 6.20 Å². The van der Waals surface area contributed by atoms with Crippen molar-refractivity contribution < 1.29 is 13.2 Å². The molecule has 5 heteroatoms. The van der Waals surface area contributed by atoms with Gasteiger partial charge in [0.05, 0.1) is 6.54 Å². The Kier molecular flexibility index (Phi) is 3.46. The highest BCUT2D eigenvalue weighted by atomic mass is 19.4. The lowest BCUT2D eigenvalue weighted by Gasteiger charge is -2.15. The van der Waals surface area contributed by atoms with Crippen molar-refractivity contribution >= 4 is 10.9 Å². The Balaban J connectivity index is 1.82. The highest BCUT2D eigenvalue weighted by molar-refractivity contribution is 5.85. The van der Waals surface area contributed by atoms with Crippen molar-refractivity contribution in [1.29, 1.82) is 0 Å². The smallest absolute Gasteiger partial charge is 0.361 e. The van der Waals surface area contributed by atoms with Crippen LogP contribution in [-0.2, 0) is 19.4 Å². The molecule has 1 aliphatic rings. The zero-order chi connectivity index (χ0) is 14.2. The molecule has 3 rings (SSSR count). The summed E-state index contributed by atoms with van der Waals surface area (Å²) >= 11 is 0. The average Bonchev–Trinajstić information content (AvgIpc) is 2.77. The van der Waals surface area contributed by atoms with E-state index in [-0.39, 0.29) is 6.54 Å². The van der Waals surface area contributed by atoms with Gasteiger partial charge < -0.3 is 10.3 Å². The summed E-state index contributed by atoms with van der Waals surface area (Å²) in [5, 5.41) is 3.50. The number of aryl methyl sites for hydroxylation is 2. The van der Waals surface area contributed by atoms with Crippen LogP contribution in [0.2, 0.25) is 0 Å². The summed E-state index contributed by atoms with van der Waals surface area (Å²) in [5.41, 5.74) is 4.65. The number of nitrogens with one attached hydrogen (secondary N) is 2. The highest BCUT2D eigenvalue weighted by Gasteiger charge is 2.26. The topological polar surface area (TPSA) is 27.8 Å². The molecular formula is C15H17F3N2. The van der Waals surface area contributed by atoms with Crippen LogP contribution in [0.1, 0.15) is 29.5 Å². The zero-order valence-electron chi connectivity index (χ0n) is 11.1. The Labute approximate surface area is 115 Å². The third-order valence-electron chi connectivity index (χ3n) is 3.87. The normalized spacial score (nSPS) is 15.6. The summed E-state index contributed by atoms with van der Waals surface area (Å²) < 4.78 is 36.5. The fraction of sp³-hybridized carbons (Fsp3) is 0.467. The Morgan fingerprint density at radius 3 is 2.50 bits per heavy atom. The first-order chi connectivity index (χ1) is 9.53. The van der Waals surface area contributed by atoms with Crippen LogP contribution in [0.25, 0.3) is 10.9 Å². The minimum Gasteiger partial charge on any atom is -0.361 e. The van der Waals surface area contributed by atoms with E-state index in [1.165, 1.54) is 24.0 Å². The van der Waals surface area contributed by atoms with Gasteiger partial charge in [0.15, 0.2) is 0 Å². The molecule has 0 saturated carbocycles. The first-order valence-electron chi connectivity index (χ1n) is 6.92. The van der Waals surface area contributed by atoms with Crippen LogP contribution in [0, 0.1) is 0 Å². The van der Waals surface area contributed by atoms with Crippen LogP contribution in [-0.4, -0.2) is 17.7 Å². The molecule has 0 saturated heterocycles. The number of hydrogen-bond acceptors (Lipinski definition) is 1. The number of alkyl halides is 3. The van der Waals surface area contributed by atoms with Crippen molar-refractivity contribution in [3.05, 3.63) is 35.0 Å². The summed E-state index contributed by atoms with van der Waals surface area (Å²) in [5.74, 6) is 0. The van der Waals surface area contributed by atoms with E-state index in [4.69, 9.17) is 0 Å². The average molecular weight is 282 g/mol. The number of fused-ring (bicyclic) bond motifs is 2. The SMILES string of the molecule is FC(F)(F)CNCc1c[nH]c2cc3c(cc12)CCCC3. The third-order valence-corrected chi connectivity index (χ3v) is 3.87. The predicted molar refractivity (Wildman–Crippen MR) is 72.7 cm³/mol. The van der Waals surface area contributed by atoms with Crippen molar-refractivity contribution in [2.45, 2.75) is 38.4 Å². The molecule has 0 atom stereocenters. The molecule has 20 heavy (non-hydrogen) atoms. The van der Waals surface area contributed by atoms with Crippen LogP contribution in [0.5, 0.6) is 0 Å². The monoisotopic (exact) mass is 282 g/mol. The van der Waals surface area contributed by atoms with E-state index in [0.29, 0.717) is 0 Å². The van der Waals surface area contributed by atoms with Gasteiger partial charge in [0.1, 0.15) is 0 Å². The van der Waals surface area contributed by atoms with E-state index in [9.17, 15) is 13.2 Å². The molecule has 2 N–H and O–H groups in total. The largest absolute Gasteiger partial charge is 0.401 e. The summed E-state index contributed by atoms with van der Waals surface area (Å²) in [6.07, 6.45) is 2.24. The first-order valence-corrected chi connectivity index (χ1v) is 6.92. The van der Waals surface area contributed by atoms with Crippen LogP contribution < -0.4 is 5.32 Å². The van der Waals surface area contributed by atoms with Crippen molar-refractivity contribution in [3.63, 3.8) is 0 Å². The van der Waals surface area contributed by atoms with Gasteiger partial charge in [-0.05, 0) is 54.5 Å². The van der Waals surface area contributed by atoms with Crippen molar-refractivity contribution in [2.24, 2.45) is 0 Å². The van der Waals surface area contributed by atoms with Crippen LogP contribution in [0.3, 0.4) is 0 Å². The lowest BCUT2D eigenvalue weighted by atomic mass is 9.90. The third kappa shape index (κ3) is 2.82. The van der Waals surface area contributed by atoms with Gasteiger partial charge in [-0.2, -0.15) is 13.2 Å². The Morgan fingerprint density at radius 2 is 1.80 bits per heavy atom. The van der Waals surface area contributed by atoms with Crippen molar-refractivity contribution in [1.82, 2.24) is 10.3 Å². The number of halogens is 3. The second-order valence-electron chi connectivity index (χ2n) is 5.41. The maximum absolute atomic E-state index is 12.2. The summed E-state index contributed by atoms with van der Waals surface area (Å²) in [6, 6.07) is 4.29. The second kappa shape index (κ2) is 5.13. The van der Waals surface area contributed by atoms with Gasteiger partial charge in [-0.1, -0.05) is 0 Å². The second-order valence-corrected chi connectivity index (χ2v) is 5.41. The molecule has 1 aromatic heterocycles. The molecule has 1 aromatic carbocycles. The maximum Gasteiger partial charge on any atom is 0.401 e. The van der Waals surface area contributed by atoms with Crippen molar-refractivity contribution in [2.75, 3.05) is 6.54 Å². The van der Waals surface area contributed by atoms with E-state index in [1.807, 2.05) is 0 Å². The molecule has 0 bridgehead atoms. The summed E-state index contributed by atoms with van der Waals surface area (Å²) in [7, 11) is 0. The number of H-pyrrole nitrogens is 1. The highest BCUT2D eigenvalue weighted by Crippen LogP contribution is 2.28. The van der Waals surface area contributed by atoms with E-state index < -0.39 is 12.7 Å². The first kappa shape index (κ1) is 13.5. The van der Waals surface area contributed by atoms with Crippen molar-refractivity contribution in [3.8, 4) is 0 Å². The standard InChI is InChI=1S/C15H17F3N2/c16-15(17,18)9-19-7-12-8-20-14-6-11-4-2-1-3-10(11)5-13(12)14/h5-6,8,19-20H,1-4,7,9H2. The fourth-order valence-electron chi connectivity index (χ4n) is 2.90. The van der Waals surface area contributed by atoms with Gasteiger partial charge >= 0.3 is 6.18 Å². The van der Waals surface area contributed by atoms with Gasteiger partial charge in [0.2, 0.25) is 0 Å². The van der Waals surface area contributed by atoms with Gasteiger partial charge in [-0.3, -0.25) is 0 Å². The number of aromatic amines is 1. The minimum atomic E-state index is -4.16. The summed E-state index contributed by atoms with van der Waals surface area (Å²) in [4.78, 5) is 3.16. The summed E-state index contributed by atoms with van der Waals surface area (Å²) in [6.45, 7) is -0.719. The number of hydrogen-bond donors (Lipinski definition) is 2. The molecule has 0 spiro atoms. The number of benzene rings is 1. The molecule has 108 valence electrons. The van der Waals surface area contributed by atoms with Crippen LogP contribution >= 0.6 is 0 Å². The minimum absolute atomic E-state index is 0.234. The van der Waals surface area contributed by atoms with Crippen LogP contribution in [0.4, 0.5) is 13.2 Å². The molecule has 0 fully saturated rings. The molecule has 0 radical (unpaired) electrons. The molecule has 1 aliphatic carbocycles. The van der Waals surface area contributed by atoms with Gasteiger partial charge in [-0.25, -0.2) is 0 Å². The molecule has 0 aliphatic heterocycles. The molecule has 2 aromatic rings. The Hall–Kier alpha value is -1.49. The Morgan fingerprint density at radius 1 is 1.10 bits per heavy atom. The molecular weight excluding hydrogens is 265 g/mol. The zero-order valence-corrected chi connectivity index (χ0v) is 11.1. The van der Waals surface area contributed by atoms with Crippen LogP contribution in [0.15, 0.2) is 18.3 Å². The molecule has 0 amide bonds. The molecule has 2 nitrogen and oxygen atoms in total. The Bertz CT molecular complexity index is 613. The number of aromatic nitrogens is 1. The van der Waals surface area contributed by atoms with Gasteiger partial charge in [-0.15, -0.1) is 0 Å². The maximum atomic E-state index is 12.2. The van der Waals surface area contributed by atoms with Gasteiger partial charge in [0, 0.05) is 23.6 Å². The van der Waals surface area contributed by atoms with E-state index in [2.05, 4.69) is 22.4 Å². The number of rotatable bonds is 3. The lowest BCUT2D eigenvalue weighted by Crippen LogP contribution is -2.28. The van der Waals surface area contributed by atoms with E-state index >= 15 is 0 Å². The quantitative estimate of drug-likeness (QED) is 0.882. The fourth-order valence-corrected chi connectivity index (χ4v) is 2.90. The van der Waals surface area contributed by atoms with Gasteiger partial charge in [0.25, 0.3) is 0 Å². The molecule has 1 heterocycles. The predicted octanol–water partition coefficient (Wildman–Crippen LogP) is 3.70. The van der Waals surface area contributed by atoms with E-state index in [0.717, 1.165) is 29.3 Å². The lowest BCUT2D eigenvalue weighted by molar-refractivity contribution is -0.125.